The average molecular weight is 392 g/mol. The monoisotopic (exact) mass is 391 g/mol. The Kier molecular flexibility index (Phi) is 6.37. The van der Waals surface area contributed by atoms with Crippen LogP contribution in [-0.4, -0.2) is 33.9 Å². The number of benzene rings is 1. The molecule has 2 aromatic rings. The number of halogens is 4. The zero-order valence-corrected chi connectivity index (χ0v) is 15.4. The number of hydrogen-bond acceptors (Lipinski definition) is 3. The van der Waals surface area contributed by atoms with Gasteiger partial charge in [-0.2, -0.15) is 5.10 Å². The van der Waals surface area contributed by atoms with Gasteiger partial charge in [-0.1, -0.05) is 29.3 Å². The van der Waals surface area contributed by atoms with Gasteiger partial charge in [-0.15, -0.1) is 0 Å². The molecule has 1 heterocycles. The molecule has 1 atom stereocenters. The number of hydroxylamine groups is 2. The lowest BCUT2D eigenvalue weighted by Crippen LogP contribution is -2.39. The molecule has 0 bridgehead atoms. The van der Waals surface area contributed by atoms with Crippen molar-refractivity contribution in [2.75, 3.05) is 7.11 Å². The molecule has 25 heavy (non-hydrogen) atoms. The Morgan fingerprint density at radius 3 is 2.64 bits per heavy atom. The largest absolute Gasteiger partial charge is 0.282 e. The molecule has 1 aromatic heterocycles. The second-order valence-corrected chi connectivity index (χ2v) is 6.35. The molecule has 5 nitrogen and oxygen atoms in total. The fraction of sp³-hybridized carbons (Fsp3) is 0.375. The molecule has 2 rings (SSSR count). The first-order chi connectivity index (χ1) is 11.7. The molecule has 0 saturated carbocycles. The van der Waals surface area contributed by atoms with Gasteiger partial charge in [0.2, 0.25) is 0 Å². The van der Waals surface area contributed by atoms with Crippen LogP contribution in [-0.2, 0) is 18.3 Å². The van der Waals surface area contributed by atoms with Gasteiger partial charge in [0, 0.05) is 23.3 Å². The van der Waals surface area contributed by atoms with Gasteiger partial charge in [0.25, 0.3) is 12.3 Å². The first kappa shape index (κ1) is 19.6. The van der Waals surface area contributed by atoms with Crippen LogP contribution in [0.15, 0.2) is 24.4 Å². The lowest BCUT2D eigenvalue weighted by molar-refractivity contribution is -0.119. The van der Waals surface area contributed by atoms with Crippen molar-refractivity contribution in [2.24, 2.45) is 7.05 Å². The van der Waals surface area contributed by atoms with E-state index in [1.165, 1.54) is 25.0 Å². The normalized spacial score (nSPS) is 12.5. The van der Waals surface area contributed by atoms with Crippen molar-refractivity contribution in [2.45, 2.75) is 25.8 Å². The predicted octanol–water partition coefficient (Wildman–Crippen LogP) is 4.30. The maximum absolute atomic E-state index is 13.1. The van der Waals surface area contributed by atoms with Crippen molar-refractivity contribution >= 4 is 29.1 Å². The van der Waals surface area contributed by atoms with Crippen LogP contribution in [0.1, 0.15) is 35.0 Å². The van der Waals surface area contributed by atoms with Crippen molar-refractivity contribution in [3.63, 3.8) is 0 Å². The van der Waals surface area contributed by atoms with Crippen molar-refractivity contribution < 1.29 is 18.4 Å². The summed E-state index contributed by atoms with van der Waals surface area (Å²) in [6.45, 7) is 1.73. The Morgan fingerprint density at radius 2 is 2.08 bits per heavy atom. The third-order valence-electron chi connectivity index (χ3n) is 3.62. The van der Waals surface area contributed by atoms with Crippen LogP contribution in [0, 0.1) is 0 Å². The van der Waals surface area contributed by atoms with Gasteiger partial charge in [-0.05, 0) is 31.0 Å². The van der Waals surface area contributed by atoms with Crippen molar-refractivity contribution in [1.82, 2.24) is 14.8 Å². The predicted molar refractivity (Wildman–Crippen MR) is 91.0 cm³/mol. The minimum atomic E-state index is -2.86. The molecule has 0 spiro atoms. The summed E-state index contributed by atoms with van der Waals surface area (Å²) < 4.78 is 27.3. The third kappa shape index (κ3) is 4.48. The molecule has 0 aliphatic heterocycles. The van der Waals surface area contributed by atoms with Crippen LogP contribution in [0.25, 0.3) is 0 Å². The van der Waals surface area contributed by atoms with Crippen LogP contribution in [0.5, 0.6) is 0 Å². The average Bonchev–Trinajstić information content (AvgIpc) is 2.93. The number of alkyl halides is 2. The Hall–Kier alpha value is -1.70. The Labute approximate surface area is 154 Å². The van der Waals surface area contributed by atoms with Gasteiger partial charge in [0.05, 0.1) is 18.7 Å². The molecule has 136 valence electrons. The highest BCUT2D eigenvalue weighted by atomic mass is 35.5. The number of nitrogens with zero attached hydrogens (tertiary/aromatic N) is 3. The summed E-state index contributed by atoms with van der Waals surface area (Å²) in [5.74, 6) is -0.691. The van der Waals surface area contributed by atoms with E-state index in [9.17, 15) is 13.6 Å². The molecule has 1 amide bonds. The highest BCUT2D eigenvalue weighted by Crippen LogP contribution is 2.26. The Bertz CT molecular complexity index is 768. The van der Waals surface area contributed by atoms with Crippen LogP contribution in [0.4, 0.5) is 8.78 Å². The highest BCUT2D eigenvalue weighted by molar-refractivity contribution is 6.35. The van der Waals surface area contributed by atoms with Crippen LogP contribution in [0.2, 0.25) is 10.0 Å². The molecular formula is C16H17Cl2F2N3O2. The standard InChI is InChI=1S/C16H17Cl2F2N3O2/c1-9(6-10-4-5-11(17)7-13(10)18)23(25-3)16(24)12-8-22(2)21-14(12)15(19)20/h4-5,7-9,15H,6H2,1-3H3/t9-/m1/s1. The highest BCUT2D eigenvalue weighted by Gasteiger charge is 2.29. The van der Waals surface area contributed by atoms with E-state index in [1.54, 1.807) is 25.1 Å². The number of hydrogen-bond donors (Lipinski definition) is 0. The topological polar surface area (TPSA) is 47.4 Å². The molecule has 0 unspecified atom stereocenters. The lowest BCUT2D eigenvalue weighted by Gasteiger charge is -2.26. The van der Waals surface area contributed by atoms with Gasteiger partial charge in [-0.25, -0.2) is 13.8 Å². The number of amides is 1. The summed E-state index contributed by atoms with van der Waals surface area (Å²) in [7, 11) is 2.77. The van der Waals surface area contributed by atoms with E-state index < -0.39 is 24.1 Å². The summed E-state index contributed by atoms with van der Waals surface area (Å²) in [5.41, 5.74) is -0.0200. The van der Waals surface area contributed by atoms with E-state index in [2.05, 4.69) is 5.10 Å². The Balaban J connectivity index is 2.24. The van der Waals surface area contributed by atoms with E-state index in [4.69, 9.17) is 28.0 Å². The molecule has 0 aliphatic carbocycles. The smallest absolute Gasteiger partial charge is 0.275 e. The summed E-state index contributed by atoms with van der Waals surface area (Å²) in [6.07, 6.45) is -1.25. The molecular weight excluding hydrogens is 375 g/mol. The second-order valence-electron chi connectivity index (χ2n) is 5.50. The molecule has 0 fully saturated rings. The molecule has 9 heteroatoms. The van der Waals surface area contributed by atoms with E-state index in [0.29, 0.717) is 16.5 Å². The fourth-order valence-corrected chi connectivity index (χ4v) is 2.99. The third-order valence-corrected chi connectivity index (χ3v) is 4.21. The van der Waals surface area contributed by atoms with E-state index >= 15 is 0 Å². The van der Waals surface area contributed by atoms with Crippen molar-refractivity contribution in [3.05, 3.63) is 51.3 Å². The maximum Gasteiger partial charge on any atom is 0.282 e. The van der Waals surface area contributed by atoms with E-state index in [1.807, 2.05) is 0 Å². The van der Waals surface area contributed by atoms with Crippen LogP contribution < -0.4 is 0 Å². The first-order valence-corrected chi connectivity index (χ1v) is 8.13. The summed E-state index contributed by atoms with van der Waals surface area (Å²) >= 11 is 12.0. The SMILES string of the molecule is CON(C(=O)c1cn(C)nc1C(F)F)[C@H](C)Cc1ccc(Cl)cc1Cl. The summed E-state index contributed by atoms with van der Waals surface area (Å²) in [6, 6.07) is 4.57. The maximum atomic E-state index is 13.1. The molecule has 0 aliphatic rings. The lowest BCUT2D eigenvalue weighted by atomic mass is 10.1. The molecule has 0 radical (unpaired) electrons. The van der Waals surface area contributed by atoms with Gasteiger partial charge < -0.3 is 0 Å². The number of carbonyl (C=O) groups excluding carboxylic acids is 1. The number of aromatic nitrogens is 2. The van der Waals surface area contributed by atoms with Crippen LogP contribution in [0.3, 0.4) is 0 Å². The van der Waals surface area contributed by atoms with Gasteiger partial charge in [-0.3, -0.25) is 14.3 Å². The molecule has 1 aromatic carbocycles. The van der Waals surface area contributed by atoms with Crippen LogP contribution >= 0.6 is 23.2 Å². The Morgan fingerprint density at radius 1 is 1.40 bits per heavy atom. The molecule has 0 saturated heterocycles. The fourth-order valence-electron chi connectivity index (χ4n) is 2.50. The summed E-state index contributed by atoms with van der Waals surface area (Å²) in [4.78, 5) is 17.8. The summed E-state index contributed by atoms with van der Waals surface area (Å²) in [5, 5.41) is 5.63. The van der Waals surface area contributed by atoms with Gasteiger partial charge in [0.1, 0.15) is 5.69 Å². The van der Waals surface area contributed by atoms with E-state index in [-0.39, 0.29) is 5.56 Å². The van der Waals surface area contributed by atoms with Crippen molar-refractivity contribution in [3.8, 4) is 0 Å². The quantitative estimate of drug-likeness (QED) is 0.689. The number of aryl methyl sites for hydroxylation is 1. The molecule has 0 N–H and O–H groups in total. The van der Waals surface area contributed by atoms with Gasteiger partial charge in [0.15, 0.2) is 0 Å². The minimum absolute atomic E-state index is 0.201. The zero-order chi connectivity index (χ0) is 18.7. The zero-order valence-electron chi connectivity index (χ0n) is 13.8. The van der Waals surface area contributed by atoms with Crippen molar-refractivity contribution in [1.29, 1.82) is 0 Å². The van der Waals surface area contributed by atoms with Gasteiger partial charge >= 0.3 is 0 Å². The van der Waals surface area contributed by atoms with E-state index in [0.717, 1.165) is 10.6 Å². The second kappa shape index (κ2) is 8.12. The first-order valence-electron chi connectivity index (χ1n) is 7.37. The number of rotatable bonds is 6. The minimum Gasteiger partial charge on any atom is -0.275 e. The number of carbonyl (C=O) groups is 1.